The van der Waals surface area contributed by atoms with Crippen molar-refractivity contribution in [2.75, 3.05) is 11.8 Å². The highest BCUT2D eigenvalue weighted by molar-refractivity contribution is 7.90. The van der Waals surface area contributed by atoms with Gasteiger partial charge in [-0.3, -0.25) is 4.72 Å². The second-order valence-corrected chi connectivity index (χ2v) is 5.90. The molecule has 1 heterocycles. The van der Waals surface area contributed by atoms with Gasteiger partial charge in [0, 0.05) is 6.04 Å². The van der Waals surface area contributed by atoms with E-state index in [9.17, 15) is 13.2 Å². The molecule has 0 radical (unpaired) electrons. The van der Waals surface area contributed by atoms with E-state index in [1.807, 2.05) is 0 Å². The largest absolute Gasteiger partial charge is 0.465 e. The lowest BCUT2D eigenvalue weighted by Gasteiger charge is -2.11. The second-order valence-electron chi connectivity index (χ2n) is 3.53. The Hall–Kier alpha value is -1.12. The molecule has 0 spiro atoms. The third-order valence-electron chi connectivity index (χ3n) is 1.67. The molecule has 0 unspecified atom stereocenters. The van der Waals surface area contributed by atoms with Crippen LogP contribution in [-0.4, -0.2) is 27.5 Å². The molecular weight excluding hydrogens is 264 g/mol. The highest BCUT2D eigenvalue weighted by atomic mass is 32.2. The number of hydrogen-bond acceptors (Lipinski definition) is 5. The topological polar surface area (TPSA) is 84.5 Å². The van der Waals surface area contributed by atoms with Crippen molar-refractivity contribution in [1.29, 1.82) is 0 Å². The van der Waals surface area contributed by atoms with Crippen LogP contribution in [0.15, 0.2) is 11.4 Å². The van der Waals surface area contributed by atoms with Gasteiger partial charge in [-0.15, -0.1) is 11.3 Å². The fourth-order valence-electron chi connectivity index (χ4n) is 1.12. The first-order chi connectivity index (χ1) is 7.85. The molecule has 1 aromatic heterocycles. The summed E-state index contributed by atoms with van der Waals surface area (Å²) in [4.78, 5) is 11.6. The molecule has 0 saturated heterocycles. The Morgan fingerprint density at radius 3 is 2.65 bits per heavy atom. The van der Waals surface area contributed by atoms with E-state index in [-0.39, 0.29) is 16.6 Å². The smallest absolute Gasteiger partial charge is 0.350 e. The number of hydrogen-bond donors (Lipinski definition) is 2. The van der Waals surface area contributed by atoms with E-state index in [4.69, 9.17) is 0 Å². The summed E-state index contributed by atoms with van der Waals surface area (Å²) in [5, 5.41) is 1.61. The molecule has 0 fully saturated rings. The van der Waals surface area contributed by atoms with Gasteiger partial charge < -0.3 is 4.74 Å². The average molecular weight is 278 g/mol. The Morgan fingerprint density at radius 2 is 2.12 bits per heavy atom. The van der Waals surface area contributed by atoms with Crippen LogP contribution in [0.1, 0.15) is 23.5 Å². The first kappa shape index (κ1) is 13.9. The first-order valence-corrected chi connectivity index (χ1v) is 7.18. The van der Waals surface area contributed by atoms with Gasteiger partial charge in [0.1, 0.15) is 4.88 Å². The van der Waals surface area contributed by atoms with Crippen molar-refractivity contribution in [2.45, 2.75) is 19.9 Å². The number of carbonyl (C=O) groups excluding carboxylic acids is 1. The summed E-state index contributed by atoms with van der Waals surface area (Å²) >= 11 is 1.11. The first-order valence-electron chi connectivity index (χ1n) is 4.81. The van der Waals surface area contributed by atoms with Crippen molar-refractivity contribution in [3.8, 4) is 0 Å². The zero-order chi connectivity index (χ0) is 13.1. The Labute approximate surface area is 104 Å². The Morgan fingerprint density at radius 1 is 1.47 bits per heavy atom. The molecular formula is C9H14N2O4S2. The summed E-state index contributed by atoms with van der Waals surface area (Å²) in [6.07, 6.45) is 0. The molecule has 6 nitrogen and oxygen atoms in total. The highest BCUT2D eigenvalue weighted by Crippen LogP contribution is 2.23. The standard InChI is InChI=1S/C9H14N2O4S2/c1-6(2)10-17(13,14)11-7-4-5-16-8(7)9(12)15-3/h4-6,10-11H,1-3H3. The van der Waals surface area contributed by atoms with E-state index >= 15 is 0 Å². The van der Waals surface area contributed by atoms with Crippen molar-refractivity contribution < 1.29 is 17.9 Å². The van der Waals surface area contributed by atoms with Crippen LogP contribution in [0.25, 0.3) is 0 Å². The summed E-state index contributed by atoms with van der Waals surface area (Å²) in [5.74, 6) is -0.567. The maximum atomic E-state index is 11.6. The van der Waals surface area contributed by atoms with Gasteiger partial charge in [-0.25, -0.2) is 4.79 Å². The van der Waals surface area contributed by atoms with E-state index < -0.39 is 16.2 Å². The summed E-state index contributed by atoms with van der Waals surface area (Å²) in [6, 6.07) is 1.28. The number of nitrogens with one attached hydrogen (secondary N) is 2. The molecule has 0 saturated carbocycles. The zero-order valence-corrected chi connectivity index (χ0v) is 11.3. The number of carbonyl (C=O) groups is 1. The molecule has 0 aliphatic carbocycles. The van der Waals surface area contributed by atoms with Crippen LogP contribution >= 0.6 is 11.3 Å². The zero-order valence-electron chi connectivity index (χ0n) is 9.68. The summed E-state index contributed by atoms with van der Waals surface area (Å²) in [5.41, 5.74) is 0.218. The maximum Gasteiger partial charge on any atom is 0.350 e. The Balaban J connectivity index is 2.89. The van der Waals surface area contributed by atoms with Crippen LogP contribution in [0.5, 0.6) is 0 Å². The molecule has 1 aromatic rings. The van der Waals surface area contributed by atoms with Gasteiger partial charge in [-0.05, 0) is 25.3 Å². The van der Waals surface area contributed by atoms with Gasteiger partial charge in [0.05, 0.1) is 12.8 Å². The summed E-state index contributed by atoms with van der Waals surface area (Å²) in [6.45, 7) is 3.40. The van der Waals surface area contributed by atoms with E-state index in [1.54, 1.807) is 19.2 Å². The lowest BCUT2D eigenvalue weighted by Crippen LogP contribution is -2.35. The Bertz CT molecular complexity index is 493. The minimum atomic E-state index is -3.67. The molecule has 0 aromatic carbocycles. The van der Waals surface area contributed by atoms with Crippen LogP contribution in [0.3, 0.4) is 0 Å². The van der Waals surface area contributed by atoms with E-state index in [0.29, 0.717) is 0 Å². The van der Waals surface area contributed by atoms with E-state index in [0.717, 1.165) is 11.3 Å². The van der Waals surface area contributed by atoms with Gasteiger partial charge >= 0.3 is 5.97 Å². The number of anilines is 1. The third kappa shape index (κ3) is 3.99. The third-order valence-corrected chi connectivity index (χ3v) is 3.84. The minimum Gasteiger partial charge on any atom is -0.465 e. The fourth-order valence-corrected chi connectivity index (χ4v) is 3.09. The molecule has 96 valence electrons. The van der Waals surface area contributed by atoms with Crippen molar-refractivity contribution in [1.82, 2.24) is 4.72 Å². The van der Waals surface area contributed by atoms with Crippen LogP contribution < -0.4 is 9.44 Å². The van der Waals surface area contributed by atoms with Crippen molar-refractivity contribution in [3.05, 3.63) is 16.3 Å². The highest BCUT2D eigenvalue weighted by Gasteiger charge is 2.18. The SMILES string of the molecule is COC(=O)c1sccc1NS(=O)(=O)NC(C)C. The van der Waals surface area contributed by atoms with Gasteiger partial charge in [-0.1, -0.05) is 0 Å². The van der Waals surface area contributed by atoms with Crippen LogP contribution in [-0.2, 0) is 14.9 Å². The monoisotopic (exact) mass is 278 g/mol. The van der Waals surface area contributed by atoms with Crippen molar-refractivity contribution >= 4 is 33.2 Å². The average Bonchev–Trinajstić information content (AvgIpc) is 2.61. The number of thiophene rings is 1. The molecule has 8 heteroatoms. The molecule has 0 aliphatic heterocycles. The van der Waals surface area contributed by atoms with Gasteiger partial charge in [0.2, 0.25) is 0 Å². The van der Waals surface area contributed by atoms with Crippen molar-refractivity contribution in [2.24, 2.45) is 0 Å². The van der Waals surface area contributed by atoms with Crippen LogP contribution in [0.2, 0.25) is 0 Å². The summed E-state index contributed by atoms with van der Waals surface area (Å²) in [7, 11) is -2.43. The molecule has 1 rings (SSSR count). The number of methoxy groups -OCH3 is 1. The lowest BCUT2D eigenvalue weighted by molar-refractivity contribution is 0.0607. The van der Waals surface area contributed by atoms with Crippen molar-refractivity contribution in [3.63, 3.8) is 0 Å². The maximum absolute atomic E-state index is 11.6. The number of ether oxygens (including phenoxy) is 1. The summed E-state index contributed by atoms with van der Waals surface area (Å²) < 4.78 is 32.4. The minimum absolute atomic E-state index is 0.218. The molecule has 2 N–H and O–H groups in total. The molecule has 17 heavy (non-hydrogen) atoms. The van der Waals surface area contributed by atoms with E-state index in [2.05, 4.69) is 14.2 Å². The fraction of sp³-hybridized carbons (Fsp3) is 0.444. The Kier molecular flexibility index (Phi) is 4.49. The second kappa shape index (κ2) is 5.48. The number of esters is 1. The van der Waals surface area contributed by atoms with E-state index in [1.165, 1.54) is 13.2 Å². The quantitative estimate of drug-likeness (QED) is 0.792. The molecule has 0 aliphatic rings. The van der Waals surface area contributed by atoms with Gasteiger partial charge in [0.25, 0.3) is 10.2 Å². The predicted molar refractivity (Wildman–Crippen MR) is 66.5 cm³/mol. The van der Waals surface area contributed by atoms with Crippen LogP contribution in [0, 0.1) is 0 Å². The van der Waals surface area contributed by atoms with Gasteiger partial charge in [-0.2, -0.15) is 13.1 Å². The normalized spacial score (nSPS) is 11.5. The molecule has 0 amide bonds. The predicted octanol–water partition coefficient (Wildman–Crippen LogP) is 1.19. The lowest BCUT2D eigenvalue weighted by atomic mass is 10.4. The molecule has 0 bridgehead atoms. The molecule has 0 atom stereocenters. The van der Waals surface area contributed by atoms with Gasteiger partial charge in [0.15, 0.2) is 0 Å². The van der Waals surface area contributed by atoms with Crippen LogP contribution in [0.4, 0.5) is 5.69 Å². The number of rotatable bonds is 5.